The largest absolute Gasteiger partial charge is 0.493 e. The van der Waals surface area contributed by atoms with E-state index in [2.05, 4.69) is 38.5 Å². The molecule has 38 heavy (non-hydrogen) atoms. The van der Waals surface area contributed by atoms with Crippen molar-refractivity contribution in [3.05, 3.63) is 46.3 Å². The molecule has 0 amide bonds. The first kappa shape index (κ1) is 26.6. The van der Waals surface area contributed by atoms with Gasteiger partial charge in [-0.05, 0) is 54.2 Å². The number of Topliss-reactive ketones (excluding diaryl/α,β-unsaturated/α-hetero) is 2. The molecule has 3 aliphatic carbocycles. The van der Waals surface area contributed by atoms with Crippen LogP contribution in [0.4, 0.5) is 0 Å². The van der Waals surface area contributed by atoms with E-state index in [1.165, 1.54) is 19.3 Å². The van der Waals surface area contributed by atoms with Crippen molar-refractivity contribution in [1.82, 2.24) is 4.90 Å². The number of methoxy groups -OCH3 is 1. The number of allylic oxidation sites excluding steroid dienone is 4. The van der Waals surface area contributed by atoms with Crippen LogP contribution < -0.4 is 9.47 Å². The van der Waals surface area contributed by atoms with Gasteiger partial charge in [0, 0.05) is 47.3 Å². The number of benzene rings is 1. The molecule has 0 N–H and O–H groups in total. The first-order valence-corrected chi connectivity index (χ1v) is 14.1. The highest BCUT2D eigenvalue weighted by atomic mass is 16.5. The van der Waals surface area contributed by atoms with Crippen LogP contribution in [0.5, 0.6) is 11.5 Å². The number of carbonyl (C=O) groups excluding carboxylic acids is 2. The van der Waals surface area contributed by atoms with Crippen molar-refractivity contribution in [2.75, 3.05) is 13.7 Å². The SMILES string of the molecule is C#CCOc1ccc(C2C3=C(CC(C)(C)CC3=O)N(C3CCCCC3)C3=C2C(=O)CC(C)(C)C3)cc1OC. The van der Waals surface area contributed by atoms with Gasteiger partial charge < -0.3 is 14.4 Å². The van der Waals surface area contributed by atoms with Gasteiger partial charge in [-0.25, -0.2) is 0 Å². The maximum Gasteiger partial charge on any atom is 0.162 e. The van der Waals surface area contributed by atoms with Gasteiger partial charge in [-0.3, -0.25) is 9.59 Å². The van der Waals surface area contributed by atoms with Crippen LogP contribution in [-0.4, -0.2) is 36.2 Å². The van der Waals surface area contributed by atoms with Gasteiger partial charge in [0.25, 0.3) is 0 Å². The molecular weight excluding hydrogens is 474 g/mol. The summed E-state index contributed by atoms with van der Waals surface area (Å²) in [5.41, 5.74) is 4.61. The highest BCUT2D eigenvalue weighted by Crippen LogP contribution is 2.56. The first-order valence-electron chi connectivity index (χ1n) is 14.1. The zero-order chi connectivity index (χ0) is 27.2. The van der Waals surface area contributed by atoms with E-state index in [9.17, 15) is 9.59 Å². The smallest absolute Gasteiger partial charge is 0.162 e. The minimum atomic E-state index is -0.386. The Morgan fingerprint density at radius 1 is 0.895 bits per heavy atom. The molecule has 1 aliphatic heterocycles. The summed E-state index contributed by atoms with van der Waals surface area (Å²) in [6.45, 7) is 8.93. The maximum atomic E-state index is 14.0. The molecule has 0 saturated heterocycles. The maximum absolute atomic E-state index is 14.0. The molecule has 202 valence electrons. The Morgan fingerprint density at radius 2 is 1.47 bits per heavy atom. The summed E-state index contributed by atoms with van der Waals surface area (Å²) in [6, 6.07) is 6.11. The van der Waals surface area contributed by atoms with E-state index in [-0.39, 0.29) is 34.9 Å². The molecule has 4 aliphatic rings. The van der Waals surface area contributed by atoms with Crippen LogP contribution in [0.2, 0.25) is 0 Å². The van der Waals surface area contributed by atoms with Gasteiger partial charge in [0.15, 0.2) is 23.1 Å². The summed E-state index contributed by atoms with van der Waals surface area (Å²) in [5.74, 6) is 3.56. The van der Waals surface area contributed by atoms with E-state index in [4.69, 9.17) is 15.9 Å². The van der Waals surface area contributed by atoms with Crippen molar-refractivity contribution in [1.29, 1.82) is 0 Å². The van der Waals surface area contributed by atoms with Crippen LogP contribution in [0, 0.1) is 23.2 Å². The van der Waals surface area contributed by atoms with Gasteiger partial charge in [0.2, 0.25) is 0 Å². The summed E-state index contributed by atoms with van der Waals surface area (Å²) in [4.78, 5) is 30.6. The van der Waals surface area contributed by atoms with Gasteiger partial charge in [0.1, 0.15) is 6.61 Å². The minimum Gasteiger partial charge on any atom is -0.493 e. The number of ketones is 2. The quantitative estimate of drug-likeness (QED) is 0.407. The Bertz CT molecular complexity index is 1200. The molecule has 1 aromatic rings. The Morgan fingerprint density at radius 3 is 2.00 bits per heavy atom. The number of hydrogen-bond donors (Lipinski definition) is 0. The van der Waals surface area contributed by atoms with Crippen LogP contribution in [-0.2, 0) is 9.59 Å². The molecule has 1 aromatic carbocycles. The van der Waals surface area contributed by atoms with E-state index in [0.717, 1.165) is 53.8 Å². The monoisotopic (exact) mass is 515 g/mol. The number of carbonyl (C=O) groups is 2. The molecule has 5 rings (SSSR count). The molecule has 0 radical (unpaired) electrons. The third kappa shape index (κ3) is 4.79. The van der Waals surface area contributed by atoms with Crippen LogP contribution in [0.1, 0.15) is 97.0 Å². The predicted molar refractivity (Wildman–Crippen MR) is 149 cm³/mol. The fourth-order valence-electron chi connectivity index (χ4n) is 7.21. The number of terminal acetylenes is 1. The second-order valence-electron chi connectivity index (χ2n) is 13.1. The first-order chi connectivity index (χ1) is 18.0. The normalized spacial score (nSPS) is 23.6. The Kier molecular flexibility index (Phi) is 6.97. The van der Waals surface area contributed by atoms with Crippen molar-refractivity contribution >= 4 is 11.6 Å². The molecular formula is C33H41NO4. The van der Waals surface area contributed by atoms with Crippen molar-refractivity contribution < 1.29 is 19.1 Å². The summed E-state index contributed by atoms with van der Waals surface area (Å²) in [6.07, 6.45) is 13.9. The van der Waals surface area contributed by atoms with Crippen LogP contribution >= 0.6 is 0 Å². The average molecular weight is 516 g/mol. The lowest BCUT2D eigenvalue weighted by Crippen LogP contribution is -2.48. The Hall–Kier alpha value is -3.00. The molecule has 0 bridgehead atoms. The molecule has 0 unspecified atom stereocenters. The van der Waals surface area contributed by atoms with Crippen LogP contribution in [0.3, 0.4) is 0 Å². The number of hydrogen-bond acceptors (Lipinski definition) is 5. The van der Waals surface area contributed by atoms with E-state index in [1.54, 1.807) is 7.11 Å². The summed E-state index contributed by atoms with van der Waals surface area (Å²) in [5, 5.41) is 0. The van der Waals surface area contributed by atoms with Crippen LogP contribution in [0.15, 0.2) is 40.7 Å². The third-order valence-corrected chi connectivity index (χ3v) is 8.72. The van der Waals surface area contributed by atoms with Crippen molar-refractivity contribution in [3.63, 3.8) is 0 Å². The van der Waals surface area contributed by atoms with Crippen LogP contribution in [0.25, 0.3) is 0 Å². The second-order valence-corrected chi connectivity index (χ2v) is 13.1. The number of nitrogens with zero attached hydrogens (tertiary/aromatic N) is 1. The molecule has 0 atom stereocenters. The van der Waals surface area contributed by atoms with Gasteiger partial charge >= 0.3 is 0 Å². The summed E-state index contributed by atoms with van der Waals surface area (Å²) in [7, 11) is 1.60. The summed E-state index contributed by atoms with van der Waals surface area (Å²) >= 11 is 0. The zero-order valence-corrected chi connectivity index (χ0v) is 23.6. The topological polar surface area (TPSA) is 55.8 Å². The predicted octanol–water partition coefficient (Wildman–Crippen LogP) is 6.73. The van der Waals surface area contributed by atoms with Gasteiger partial charge in [-0.15, -0.1) is 6.42 Å². The average Bonchev–Trinajstić information content (AvgIpc) is 2.85. The lowest BCUT2D eigenvalue weighted by Gasteiger charge is -2.52. The zero-order valence-electron chi connectivity index (χ0n) is 23.6. The molecule has 0 aromatic heterocycles. The lowest BCUT2D eigenvalue weighted by atomic mass is 9.63. The molecule has 0 spiro atoms. The van der Waals surface area contributed by atoms with Gasteiger partial charge in [-0.1, -0.05) is 58.9 Å². The van der Waals surface area contributed by atoms with Crippen molar-refractivity contribution in [2.24, 2.45) is 10.8 Å². The molecule has 1 fully saturated rings. The van der Waals surface area contributed by atoms with Crippen molar-refractivity contribution in [2.45, 2.75) is 97.4 Å². The number of ether oxygens (including phenoxy) is 2. The molecule has 1 heterocycles. The highest BCUT2D eigenvalue weighted by molar-refractivity contribution is 6.06. The van der Waals surface area contributed by atoms with Gasteiger partial charge in [0.05, 0.1) is 7.11 Å². The fraction of sp³-hybridized carbons (Fsp3) is 0.576. The molecule has 5 heteroatoms. The van der Waals surface area contributed by atoms with E-state index in [1.807, 2.05) is 18.2 Å². The molecule has 5 nitrogen and oxygen atoms in total. The highest BCUT2D eigenvalue weighted by Gasteiger charge is 2.50. The van der Waals surface area contributed by atoms with Gasteiger partial charge in [-0.2, -0.15) is 0 Å². The fourth-order valence-corrected chi connectivity index (χ4v) is 7.21. The molecule has 1 saturated carbocycles. The lowest BCUT2D eigenvalue weighted by molar-refractivity contribution is -0.119. The standard InChI is InChI=1S/C33H41NO4/c1-7-15-38-27-14-13-21(16-28(27)37-6)29-30-23(17-32(2,3)19-25(30)35)34(22-11-9-8-10-12-22)24-18-33(4,5)20-26(36)31(24)29/h1,13-14,16,22,29H,8-12,15,17-20H2,2-6H3. The number of rotatable bonds is 5. The van der Waals surface area contributed by atoms with Crippen molar-refractivity contribution in [3.8, 4) is 23.8 Å². The second kappa shape index (κ2) is 9.95. The Balaban J connectivity index is 1.74. The Labute approximate surface area is 227 Å². The van der Waals surface area contributed by atoms with E-state index in [0.29, 0.717) is 30.4 Å². The van der Waals surface area contributed by atoms with E-state index >= 15 is 0 Å². The van der Waals surface area contributed by atoms with E-state index < -0.39 is 0 Å². The minimum absolute atomic E-state index is 0.121. The summed E-state index contributed by atoms with van der Waals surface area (Å²) < 4.78 is 11.4. The third-order valence-electron chi connectivity index (χ3n) is 8.72.